The number of benzene rings is 1. The molecule has 9 heteroatoms. The van der Waals surface area contributed by atoms with E-state index in [1.54, 1.807) is 18.4 Å². The van der Waals surface area contributed by atoms with Gasteiger partial charge in [-0.3, -0.25) is 0 Å². The van der Waals surface area contributed by atoms with Crippen molar-refractivity contribution >= 4 is 41.3 Å². The van der Waals surface area contributed by atoms with Crippen molar-refractivity contribution in [3.05, 3.63) is 39.3 Å². The van der Waals surface area contributed by atoms with Crippen molar-refractivity contribution in [1.29, 1.82) is 0 Å². The second kappa shape index (κ2) is 13.6. The van der Waals surface area contributed by atoms with Gasteiger partial charge in [-0.15, -0.1) is 35.3 Å². The summed E-state index contributed by atoms with van der Waals surface area (Å²) >= 11 is 1.75. The fourth-order valence-electron chi connectivity index (χ4n) is 2.53. The topological polar surface area (TPSA) is 88.0 Å². The lowest BCUT2D eigenvalue weighted by Gasteiger charge is -2.12. The molecule has 0 bridgehead atoms. The van der Waals surface area contributed by atoms with Gasteiger partial charge < -0.3 is 25.2 Å². The van der Waals surface area contributed by atoms with Crippen LogP contribution in [0.15, 0.2) is 23.2 Å². The van der Waals surface area contributed by atoms with E-state index >= 15 is 0 Å². The SMILES string of the molecule is CCNC(=NCc1ccc(OCCO)c(OC)c1)NCCc1nc(C)c(C)s1.I. The number of halogens is 1. The second-order valence-electron chi connectivity index (χ2n) is 6.18. The lowest BCUT2D eigenvalue weighted by atomic mass is 10.2. The molecule has 162 valence electrons. The quantitative estimate of drug-likeness (QED) is 0.247. The van der Waals surface area contributed by atoms with Gasteiger partial charge in [-0.25, -0.2) is 9.98 Å². The molecule has 1 heterocycles. The Morgan fingerprint density at radius 3 is 2.66 bits per heavy atom. The van der Waals surface area contributed by atoms with Gasteiger partial charge in [-0.05, 0) is 38.5 Å². The lowest BCUT2D eigenvalue weighted by Crippen LogP contribution is -2.38. The van der Waals surface area contributed by atoms with Crippen molar-refractivity contribution in [2.45, 2.75) is 33.7 Å². The van der Waals surface area contributed by atoms with Crippen LogP contribution >= 0.6 is 35.3 Å². The highest BCUT2D eigenvalue weighted by atomic mass is 127. The molecular weight excluding hydrogens is 503 g/mol. The first-order valence-corrected chi connectivity index (χ1v) is 10.2. The molecule has 0 amide bonds. The molecule has 0 atom stereocenters. The maximum Gasteiger partial charge on any atom is 0.191 e. The third-order valence-corrected chi connectivity index (χ3v) is 5.18. The molecule has 1 aromatic carbocycles. The Kier molecular flexibility index (Phi) is 11.9. The summed E-state index contributed by atoms with van der Waals surface area (Å²) < 4.78 is 10.8. The number of nitrogens with zero attached hydrogens (tertiary/aromatic N) is 2. The number of aromatic nitrogens is 1. The summed E-state index contributed by atoms with van der Waals surface area (Å²) in [6.45, 7) is 8.47. The van der Waals surface area contributed by atoms with Crippen LogP contribution in [0.5, 0.6) is 11.5 Å². The Bertz CT molecular complexity index is 764. The second-order valence-corrected chi connectivity index (χ2v) is 7.47. The molecule has 3 N–H and O–H groups in total. The van der Waals surface area contributed by atoms with Gasteiger partial charge in [0.15, 0.2) is 17.5 Å². The summed E-state index contributed by atoms with van der Waals surface area (Å²) in [6.07, 6.45) is 0.870. The number of aliphatic imine (C=N–C) groups is 1. The zero-order chi connectivity index (χ0) is 20.4. The molecule has 0 saturated carbocycles. The number of thiazole rings is 1. The van der Waals surface area contributed by atoms with Crippen LogP contribution in [0.1, 0.15) is 28.1 Å². The number of aryl methyl sites for hydroxylation is 2. The largest absolute Gasteiger partial charge is 0.493 e. The highest BCUT2D eigenvalue weighted by Gasteiger charge is 2.07. The normalized spacial score (nSPS) is 11.0. The number of hydrogen-bond acceptors (Lipinski definition) is 6. The number of ether oxygens (including phenoxy) is 2. The Balaban J connectivity index is 0.00000420. The molecule has 29 heavy (non-hydrogen) atoms. The average Bonchev–Trinajstić information content (AvgIpc) is 3.02. The van der Waals surface area contributed by atoms with Gasteiger partial charge in [0.25, 0.3) is 0 Å². The summed E-state index contributed by atoms with van der Waals surface area (Å²) in [5.41, 5.74) is 2.12. The van der Waals surface area contributed by atoms with E-state index in [-0.39, 0.29) is 37.2 Å². The highest BCUT2D eigenvalue weighted by Crippen LogP contribution is 2.28. The number of nitrogens with one attached hydrogen (secondary N) is 2. The number of aliphatic hydroxyl groups is 1. The Morgan fingerprint density at radius 1 is 1.24 bits per heavy atom. The van der Waals surface area contributed by atoms with Crippen LogP contribution in [0, 0.1) is 13.8 Å². The van der Waals surface area contributed by atoms with Crippen LogP contribution in [0.3, 0.4) is 0 Å². The van der Waals surface area contributed by atoms with Gasteiger partial charge in [-0.2, -0.15) is 0 Å². The monoisotopic (exact) mass is 534 g/mol. The van der Waals surface area contributed by atoms with E-state index in [2.05, 4.69) is 27.5 Å². The third-order valence-electron chi connectivity index (χ3n) is 4.04. The predicted octanol–water partition coefficient (Wildman–Crippen LogP) is 3.06. The van der Waals surface area contributed by atoms with Crippen LogP contribution in [-0.4, -0.2) is 49.5 Å². The molecule has 2 rings (SSSR count). The van der Waals surface area contributed by atoms with E-state index in [4.69, 9.17) is 14.6 Å². The summed E-state index contributed by atoms with van der Waals surface area (Å²) in [5, 5.41) is 16.7. The standard InChI is InChI=1S/C20H30N4O3S.HI/c1-5-21-20(22-9-8-19-24-14(2)15(3)28-19)23-13-16-6-7-17(27-11-10-25)18(12-16)26-4;/h6-7,12,25H,5,8-11,13H2,1-4H3,(H2,21,22,23);1H. The van der Waals surface area contributed by atoms with Crippen LogP contribution in [0.25, 0.3) is 0 Å². The zero-order valence-electron chi connectivity index (χ0n) is 17.4. The molecule has 0 saturated heterocycles. The lowest BCUT2D eigenvalue weighted by molar-refractivity contribution is 0.196. The van der Waals surface area contributed by atoms with E-state index in [0.717, 1.165) is 41.7 Å². The van der Waals surface area contributed by atoms with E-state index in [1.807, 2.05) is 32.0 Å². The van der Waals surface area contributed by atoms with E-state index in [9.17, 15) is 0 Å². The van der Waals surface area contributed by atoms with E-state index in [1.165, 1.54) is 4.88 Å². The number of hydrogen-bond donors (Lipinski definition) is 3. The minimum absolute atomic E-state index is 0. The van der Waals surface area contributed by atoms with Crippen molar-refractivity contribution in [3.63, 3.8) is 0 Å². The first-order valence-electron chi connectivity index (χ1n) is 9.43. The van der Waals surface area contributed by atoms with Crippen molar-refractivity contribution in [2.75, 3.05) is 33.4 Å². The summed E-state index contributed by atoms with van der Waals surface area (Å²) in [5.74, 6) is 2.02. The first-order chi connectivity index (χ1) is 13.6. The molecule has 1 aromatic heterocycles. The number of methoxy groups -OCH3 is 1. The van der Waals surface area contributed by atoms with Crippen molar-refractivity contribution in [2.24, 2.45) is 4.99 Å². The minimum Gasteiger partial charge on any atom is -0.493 e. The maximum atomic E-state index is 8.90. The maximum absolute atomic E-state index is 8.90. The number of guanidine groups is 1. The first kappa shape index (κ1) is 25.4. The zero-order valence-corrected chi connectivity index (χ0v) is 20.6. The molecule has 0 fully saturated rings. The fraction of sp³-hybridized carbons (Fsp3) is 0.500. The van der Waals surface area contributed by atoms with Gasteiger partial charge >= 0.3 is 0 Å². The van der Waals surface area contributed by atoms with Crippen molar-refractivity contribution in [3.8, 4) is 11.5 Å². The molecule has 0 aliphatic carbocycles. The molecule has 0 radical (unpaired) electrons. The molecule has 0 aliphatic rings. The Morgan fingerprint density at radius 2 is 2.03 bits per heavy atom. The smallest absolute Gasteiger partial charge is 0.191 e. The average molecular weight is 534 g/mol. The number of rotatable bonds is 10. The van der Waals surface area contributed by atoms with Crippen molar-refractivity contribution < 1.29 is 14.6 Å². The van der Waals surface area contributed by atoms with E-state index in [0.29, 0.717) is 18.0 Å². The molecule has 7 nitrogen and oxygen atoms in total. The number of aliphatic hydroxyl groups excluding tert-OH is 1. The molecule has 0 aliphatic heterocycles. The Labute approximate surface area is 194 Å². The van der Waals surface area contributed by atoms with Crippen molar-refractivity contribution in [1.82, 2.24) is 15.6 Å². The summed E-state index contributed by atoms with van der Waals surface area (Å²) in [6, 6.07) is 5.69. The third kappa shape index (κ3) is 8.35. The molecule has 0 unspecified atom stereocenters. The molecular formula is C20H31IN4O3S. The Hall–Kier alpha value is -1.59. The minimum atomic E-state index is -0.0347. The van der Waals surface area contributed by atoms with Gasteiger partial charge in [-0.1, -0.05) is 6.07 Å². The van der Waals surface area contributed by atoms with Gasteiger partial charge in [0.2, 0.25) is 0 Å². The summed E-state index contributed by atoms with van der Waals surface area (Å²) in [7, 11) is 1.60. The molecule has 2 aromatic rings. The van der Waals surface area contributed by atoms with E-state index < -0.39 is 0 Å². The van der Waals surface area contributed by atoms with Crippen LogP contribution in [0.4, 0.5) is 0 Å². The highest BCUT2D eigenvalue weighted by molar-refractivity contribution is 14.0. The predicted molar refractivity (Wildman–Crippen MR) is 129 cm³/mol. The van der Waals surface area contributed by atoms with Gasteiger partial charge in [0.05, 0.1) is 31.0 Å². The molecule has 0 spiro atoms. The van der Waals surface area contributed by atoms with Gasteiger partial charge in [0, 0.05) is 24.4 Å². The van der Waals surface area contributed by atoms with Crippen LogP contribution in [-0.2, 0) is 13.0 Å². The van der Waals surface area contributed by atoms with Crippen LogP contribution < -0.4 is 20.1 Å². The summed E-state index contributed by atoms with van der Waals surface area (Å²) in [4.78, 5) is 10.5. The van der Waals surface area contributed by atoms with Gasteiger partial charge in [0.1, 0.15) is 6.61 Å². The van der Waals surface area contributed by atoms with Crippen LogP contribution in [0.2, 0.25) is 0 Å². The fourth-order valence-corrected chi connectivity index (χ4v) is 3.46.